The van der Waals surface area contributed by atoms with Crippen LogP contribution in [0.15, 0.2) is 59.6 Å². The summed E-state index contributed by atoms with van der Waals surface area (Å²) in [5.41, 5.74) is 2.82. The van der Waals surface area contributed by atoms with Crippen LogP contribution in [0.3, 0.4) is 0 Å². The fourth-order valence-electron chi connectivity index (χ4n) is 2.61. The van der Waals surface area contributed by atoms with Crippen LogP contribution in [0.5, 0.6) is 0 Å². The number of nitrogens with zero attached hydrogens (tertiary/aromatic N) is 3. The minimum Gasteiger partial charge on any atom is -0.423 e. The fraction of sp³-hybridized carbons (Fsp3) is 0.0526. The smallest absolute Gasteiger partial charge is 0.259 e. The van der Waals surface area contributed by atoms with E-state index < -0.39 is 11.7 Å². The quantitative estimate of drug-likeness (QED) is 0.561. The topological polar surface area (TPSA) is 80.9 Å². The molecule has 0 aliphatic rings. The van der Waals surface area contributed by atoms with Crippen LogP contribution < -0.4 is 5.32 Å². The largest absolute Gasteiger partial charge is 0.423 e. The van der Waals surface area contributed by atoms with Gasteiger partial charge in [-0.15, -0.1) is 21.5 Å². The highest BCUT2D eigenvalue weighted by molar-refractivity contribution is 7.19. The highest BCUT2D eigenvalue weighted by Crippen LogP contribution is 2.35. The van der Waals surface area contributed by atoms with Gasteiger partial charge in [0, 0.05) is 16.6 Å². The summed E-state index contributed by atoms with van der Waals surface area (Å²) >= 11 is 1.40. The number of rotatable bonds is 4. The molecular weight excluding hydrogens is 367 g/mol. The zero-order chi connectivity index (χ0) is 18.8. The lowest BCUT2D eigenvalue weighted by Crippen LogP contribution is -2.12. The van der Waals surface area contributed by atoms with Crippen molar-refractivity contribution in [2.75, 3.05) is 5.32 Å². The Morgan fingerprint density at radius 1 is 1.22 bits per heavy atom. The molecule has 1 aromatic carbocycles. The standard InChI is InChI=1S/C19H13FN4O2S/c1-11-2-3-12(19-24-22-10-26-19)8-14(11)16-4-5-17(27-16)23-18(25)13-6-7-21-9-15(13)20/h2-10H,1H3,(H,23,25). The first-order valence-corrected chi connectivity index (χ1v) is 8.82. The molecule has 0 aliphatic heterocycles. The van der Waals surface area contributed by atoms with Gasteiger partial charge in [-0.25, -0.2) is 4.39 Å². The number of thiophene rings is 1. The zero-order valence-electron chi connectivity index (χ0n) is 14.1. The lowest BCUT2D eigenvalue weighted by Gasteiger charge is -2.05. The molecule has 0 saturated heterocycles. The molecule has 3 aromatic heterocycles. The number of carbonyl (C=O) groups is 1. The van der Waals surface area contributed by atoms with Gasteiger partial charge in [0.25, 0.3) is 5.91 Å². The van der Waals surface area contributed by atoms with E-state index in [4.69, 9.17) is 4.42 Å². The molecule has 6 nitrogen and oxygen atoms in total. The average molecular weight is 380 g/mol. The Morgan fingerprint density at radius 3 is 2.89 bits per heavy atom. The van der Waals surface area contributed by atoms with Crippen LogP contribution >= 0.6 is 11.3 Å². The molecule has 0 bridgehead atoms. The normalized spacial score (nSPS) is 10.7. The van der Waals surface area contributed by atoms with E-state index in [1.165, 1.54) is 30.0 Å². The summed E-state index contributed by atoms with van der Waals surface area (Å²) in [6, 6.07) is 10.9. The molecule has 0 atom stereocenters. The van der Waals surface area contributed by atoms with Gasteiger partial charge in [0.05, 0.1) is 16.8 Å². The molecule has 4 rings (SSSR count). The number of aryl methyl sites for hydroxylation is 1. The Labute approximate surface area is 157 Å². The maximum Gasteiger partial charge on any atom is 0.259 e. The van der Waals surface area contributed by atoms with Crippen molar-refractivity contribution in [3.63, 3.8) is 0 Å². The van der Waals surface area contributed by atoms with Gasteiger partial charge < -0.3 is 9.73 Å². The number of hydrogen-bond acceptors (Lipinski definition) is 6. The third-order valence-electron chi connectivity index (χ3n) is 3.97. The summed E-state index contributed by atoms with van der Waals surface area (Å²) in [5.74, 6) is -0.732. The molecule has 1 N–H and O–H groups in total. The zero-order valence-corrected chi connectivity index (χ0v) is 15.0. The predicted octanol–water partition coefficient (Wildman–Crippen LogP) is 4.56. The summed E-state index contributed by atoms with van der Waals surface area (Å²) in [6.07, 6.45) is 3.68. The third-order valence-corrected chi connectivity index (χ3v) is 5.00. The molecule has 27 heavy (non-hydrogen) atoms. The molecule has 0 radical (unpaired) electrons. The van der Waals surface area contributed by atoms with Gasteiger partial charge in [-0.1, -0.05) is 6.07 Å². The van der Waals surface area contributed by atoms with Crippen molar-refractivity contribution >= 4 is 22.2 Å². The Hall–Kier alpha value is -3.39. The van der Waals surface area contributed by atoms with Gasteiger partial charge in [0.1, 0.15) is 0 Å². The van der Waals surface area contributed by atoms with Crippen LogP contribution in [-0.2, 0) is 0 Å². The first kappa shape index (κ1) is 17.0. The van der Waals surface area contributed by atoms with Gasteiger partial charge >= 0.3 is 0 Å². The van der Waals surface area contributed by atoms with Crippen LogP contribution in [0, 0.1) is 12.7 Å². The molecule has 0 spiro atoms. The molecule has 4 aromatic rings. The van der Waals surface area contributed by atoms with E-state index in [9.17, 15) is 9.18 Å². The molecule has 0 saturated carbocycles. The number of nitrogens with one attached hydrogen (secondary N) is 1. The van der Waals surface area contributed by atoms with Gasteiger partial charge in [-0.2, -0.15) is 0 Å². The number of halogens is 1. The minimum absolute atomic E-state index is 0.0467. The first-order valence-electron chi connectivity index (χ1n) is 8.00. The second-order valence-corrected chi connectivity index (χ2v) is 6.83. The van der Waals surface area contributed by atoms with E-state index in [-0.39, 0.29) is 5.56 Å². The molecule has 1 amide bonds. The number of pyridine rings is 1. The van der Waals surface area contributed by atoms with E-state index in [1.54, 1.807) is 6.07 Å². The number of carbonyl (C=O) groups excluding carboxylic acids is 1. The van der Waals surface area contributed by atoms with Gasteiger partial charge in [-0.3, -0.25) is 9.78 Å². The Balaban J connectivity index is 1.60. The number of anilines is 1. The van der Waals surface area contributed by atoms with E-state index in [1.807, 2.05) is 31.2 Å². The Morgan fingerprint density at radius 2 is 2.11 bits per heavy atom. The second-order valence-electron chi connectivity index (χ2n) is 5.75. The molecule has 0 unspecified atom stereocenters. The third kappa shape index (κ3) is 3.47. The molecule has 0 aliphatic carbocycles. The maximum absolute atomic E-state index is 13.7. The highest BCUT2D eigenvalue weighted by Gasteiger charge is 2.14. The lowest BCUT2D eigenvalue weighted by atomic mass is 10.0. The number of benzene rings is 1. The van der Waals surface area contributed by atoms with E-state index in [0.29, 0.717) is 10.9 Å². The second kappa shape index (κ2) is 7.08. The maximum atomic E-state index is 13.7. The summed E-state index contributed by atoms with van der Waals surface area (Å²) < 4.78 is 19.0. The van der Waals surface area contributed by atoms with Crippen molar-refractivity contribution in [2.24, 2.45) is 0 Å². The highest BCUT2D eigenvalue weighted by atomic mass is 32.1. The molecular formula is C19H13FN4O2S. The molecule has 134 valence electrons. The predicted molar refractivity (Wildman–Crippen MR) is 99.9 cm³/mol. The summed E-state index contributed by atoms with van der Waals surface area (Å²) in [5, 5.41) is 11.0. The number of hydrogen-bond donors (Lipinski definition) is 1. The van der Waals surface area contributed by atoms with Gasteiger partial charge in [-0.05, 0) is 48.4 Å². The SMILES string of the molecule is Cc1ccc(-c2nnco2)cc1-c1ccc(NC(=O)c2ccncc2F)s1. The number of aromatic nitrogens is 3. The van der Waals surface area contributed by atoms with Crippen molar-refractivity contribution in [1.82, 2.24) is 15.2 Å². The Bertz CT molecular complexity index is 1110. The Kier molecular flexibility index (Phi) is 4.47. The van der Waals surface area contributed by atoms with Gasteiger partial charge in [0.2, 0.25) is 12.3 Å². The van der Waals surface area contributed by atoms with Crippen LogP contribution in [0.2, 0.25) is 0 Å². The summed E-state index contributed by atoms with van der Waals surface area (Å²) in [4.78, 5) is 16.9. The van der Waals surface area contributed by atoms with E-state index in [0.717, 1.165) is 27.8 Å². The van der Waals surface area contributed by atoms with Crippen molar-refractivity contribution in [2.45, 2.75) is 6.92 Å². The fourth-order valence-corrected chi connectivity index (χ4v) is 3.59. The summed E-state index contributed by atoms with van der Waals surface area (Å²) in [6.45, 7) is 2.00. The van der Waals surface area contributed by atoms with Crippen LogP contribution in [0.25, 0.3) is 21.9 Å². The van der Waals surface area contributed by atoms with Crippen LogP contribution in [-0.4, -0.2) is 21.1 Å². The van der Waals surface area contributed by atoms with Crippen LogP contribution in [0.1, 0.15) is 15.9 Å². The van der Waals surface area contributed by atoms with Crippen LogP contribution in [0.4, 0.5) is 9.39 Å². The van der Waals surface area contributed by atoms with Crippen molar-refractivity contribution < 1.29 is 13.6 Å². The van der Waals surface area contributed by atoms with E-state index >= 15 is 0 Å². The number of amides is 1. The van der Waals surface area contributed by atoms with E-state index in [2.05, 4.69) is 20.5 Å². The summed E-state index contributed by atoms with van der Waals surface area (Å²) in [7, 11) is 0. The minimum atomic E-state index is -0.658. The van der Waals surface area contributed by atoms with Gasteiger partial charge in [0.15, 0.2) is 5.82 Å². The van der Waals surface area contributed by atoms with Crippen molar-refractivity contribution in [1.29, 1.82) is 0 Å². The first-order chi connectivity index (χ1) is 13.1. The van der Waals surface area contributed by atoms with Crippen molar-refractivity contribution in [3.05, 3.63) is 72.1 Å². The lowest BCUT2D eigenvalue weighted by molar-refractivity contribution is 0.102. The molecule has 3 heterocycles. The van der Waals surface area contributed by atoms with Crippen molar-refractivity contribution in [3.8, 4) is 21.9 Å². The molecule has 0 fully saturated rings. The average Bonchev–Trinajstić information content (AvgIpc) is 3.34. The monoisotopic (exact) mass is 380 g/mol. The molecule has 8 heteroatoms.